The lowest BCUT2D eigenvalue weighted by Gasteiger charge is -2.29. The molecule has 0 radical (unpaired) electrons. The molecule has 2 fully saturated rings. The molecule has 0 unspecified atom stereocenters. The van der Waals surface area contributed by atoms with E-state index in [0.717, 1.165) is 9.37 Å². The summed E-state index contributed by atoms with van der Waals surface area (Å²) in [6.45, 7) is 0.277. The average Bonchev–Trinajstić information content (AvgIpc) is 3.19. The quantitative estimate of drug-likeness (QED) is 0.527. The van der Waals surface area contributed by atoms with E-state index in [1.807, 2.05) is 0 Å². The van der Waals surface area contributed by atoms with Crippen molar-refractivity contribution < 1.29 is 23.9 Å². The number of nitrogens with one attached hydrogen (secondary N) is 2. The Labute approximate surface area is 169 Å². The van der Waals surface area contributed by atoms with Crippen LogP contribution in [0.3, 0.4) is 0 Å². The van der Waals surface area contributed by atoms with Crippen LogP contribution in [0.2, 0.25) is 0 Å². The molecular weight excluding hydrogens is 432 g/mol. The summed E-state index contributed by atoms with van der Waals surface area (Å²) in [7, 11) is 1.48. The summed E-state index contributed by atoms with van der Waals surface area (Å²) in [6, 6.07) is 4.54. The molecule has 2 saturated heterocycles. The van der Waals surface area contributed by atoms with E-state index in [9.17, 15) is 19.2 Å². The van der Waals surface area contributed by atoms with Gasteiger partial charge in [0.2, 0.25) is 23.6 Å². The van der Waals surface area contributed by atoms with Crippen molar-refractivity contribution in [3.8, 4) is 0 Å². The van der Waals surface area contributed by atoms with Gasteiger partial charge in [0.25, 0.3) is 0 Å². The maximum absolute atomic E-state index is 13.2. The monoisotopic (exact) mass is 450 g/mol. The van der Waals surface area contributed by atoms with Crippen LogP contribution in [0.1, 0.15) is 12.0 Å². The molecule has 10 heteroatoms. The molecule has 148 valence electrons. The maximum atomic E-state index is 13.2. The number of benzene rings is 1. The molecule has 1 aromatic carbocycles. The Hall–Kier alpha value is -2.30. The standard InChI is InChI=1S/C18H19BrN4O5/c1-28-5-4-23-15(25)13-11(7-12(20)24)22-18(14(13)16(23)26)9-6-8(19)2-3-10(9)21-17(18)27/h2-3,6,11,13-14,22H,4-5,7H2,1H3,(H2,20,24)(H,21,27)/t11-,13-,14-,18+/m0/s1. The summed E-state index contributed by atoms with van der Waals surface area (Å²) in [4.78, 5) is 52.1. The van der Waals surface area contributed by atoms with E-state index in [4.69, 9.17) is 10.5 Å². The molecule has 0 aromatic heterocycles. The first-order valence-corrected chi connectivity index (χ1v) is 9.62. The van der Waals surface area contributed by atoms with Gasteiger partial charge in [-0.2, -0.15) is 0 Å². The molecule has 3 heterocycles. The number of hydrogen-bond acceptors (Lipinski definition) is 6. The Morgan fingerprint density at radius 2 is 2.07 bits per heavy atom. The van der Waals surface area contributed by atoms with Crippen LogP contribution in [0.5, 0.6) is 0 Å². The smallest absolute Gasteiger partial charge is 0.250 e. The molecule has 3 aliphatic heterocycles. The van der Waals surface area contributed by atoms with Crippen LogP contribution in [0.15, 0.2) is 22.7 Å². The predicted octanol–water partition coefficient (Wildman–Crippen LogP) is -0.309. The first-order chi connectivity index (χ1) is 13.3. The van der Waals surface area contributed by atoms with Crippen molar-refractivity contribution in [2.24, 2.45) is 17.6 Å². The topological polar surface area (TPSA) is 131 Å². The van der Waals surface area contributed by atoms with Crippen molar-refractivity contribution in [3.05, 3.63) is 28.2 Å². The Kier molecular flexibility index (Phi) is 4.52. The minimum Gasteiger partial charge on any atom is -0.383 e. The lowest BCUT2D eigenvalue weighted by molar-refractivity contribution is -0.143. The van der Waals surface area contributed by atoms with E-state index in [0.29, 0.717) is 11.3 Å². The Balaban J connectivity index is 1.85. The minimum absolute atomic E-state index is 0.0908. The van der Waals surface area contributed by atoms with E-state index in [1.165, 1.54) is 7.11 Å². The number of hydrogen-bond donors (Lipinski definition) is 3. The second-order valence-corrected chi connectivity index (χ2v) is 8.11. The third-order valence-electron chi connectivity index (χ3n) is 5.71. The molecule has 4 N–H and O–H groups in total. The number of fused-ring (bicyclic) bond motifs is 4. The lowest BCUT2D eigenvalue weighted by Crippen LogP contribution is -2.53. The number of primary amides is 1. The highest BCUT2D eigenvalue weighted by molar-refractivity contribution is 9.10. The zero-order chi connectivity index (χ0) is 20.2. The zero-order valence-electron chi connectivity index (χ0n) is 15.0. The van der Waals surface area contributed by atoms with Gasteiger partial charge < -0.3 is 15.8 Å². The highest BCUT2D eigenvalue weighted by Crippen LogP contribution is 2.53. The summed E-state index contributed by atoms with van der Waals surface area (Å²) in [5, 5.41) is 5.93. The summed E-state index contributed by atoms with van der Waals surface area (Å²) in [6.07, 6.45) is -0.156. The number of ether oxygens (including phenoxy) is 1. The van der Waals surface area contributed by atoms with E-state index in [-0.39, 0.29) is 19.6 Å². The molecule has 0 saturated carbocycles. The number of methoxy groups -OCH3 is 1. The van der Waals surface area contributed by atoms with Crippen LogP contribution in [-0.2, 0) is 29.5 Å². The lowest BCUT2D eigenvalue weighted by atomic mass is 9.76. The van der Waals surface area contributed by atoms with Gasteiger partial charge in [0.15, 0.2) is 0 Å². The van der Waals surface area contributed by atoms with E-state index in [1.54, 1.807) is 18.2 Å². The van der Waals surface area contributed by atoms with Gasteiger partial charge >= 0.3 is 0 Å². The van der Waals surface area contributed by atoms with Crippen LogP contribution in [0.4, 0.5) is 5.69 Å². The van der Waals surface area contributed by atoms with Gasteiger partial charge in [0.1, 0.15) is 5.54 Å². The molecule has 4 atom stereocenters. The molecule has 4 rings (SSSR count). The third-order valence-corrected chi connectivity index (χ3v) is 6.20. The molecule has 1 aromatic rings. The van der Waals surface area contributed by atoms with Crippen LogP contribution in [0, 0.1) is 11.8 Å². The van der Waals surface area contributed by atoms with Crippen molar-refractivity contribution in [3.63, 3.8) is 0 Å². The molecular formula is C18H19BrN4O5. The van der Waals surface area contributed by atoms with Gasteiger partial charge in [-0.25, -0.2) is 0 Å². The van der Waals surface area contributed by atoms with Crippen molar-refractivity contribution in [2.75, 3.05) is 25.6 Å². The van der Waals surface area contributed by atoms with E-state index >= 15 is 0 Å². The van der Waals surface area contributed by atoms with Crippen molar-refractivity contribution >= 4 is 45.2 Å². The Morgan fingerprint density at radius 3 is 2.75 bits per heavy atom. The first kappa shape index (κ1) is 19.0. The highest BCUT2D eigenvalue weighted by atomic mass is 79.9. The molecule has 1 spiro atoms. The minimum atomic E-state index is -1.43. The Morgan fingerprint density at radius 1 is 1.32 bits per heavy atom. The fourth-order valence-electron chi connectivity index (χ4n) is 4.63. The van der Waals surface area contributed by atoms with Gasteiger partial charge in [-0.05, 0) is 18.2 Å². The predicted molar refractivity (Wildman–Crippen MR) is 101 cm³/mol. The normalized spacial score (nSPS) is 30.7. The number of rotatable bonds is 5. The van der Waals surface area contributed by atoms with Crippen LogP contribution < -0.4 is 16.4 Å². The summed E-state index contributed by atoms with van der Waals surface area (Å²) in [5.41, 5.74) is 5.08. The zero-order valence-corrected chi connectivity index (χ0v) is 16.6. The van der Waals surface area contributed by atoms with Gasteiger partial charge in [-0.15, -0.1) is 0 Å². The maximum Gasteiger partial charge on any atom is 0.250 e. The van der Waals surface area contributed by atoms with E-state index in [2.05, 4.69) is 26.6 Å². The number of carbonyl (C=O) groups excluding carboxylic acids is 4. The number of nitrogens with two attached hydrogens (primary N) is 1. The number of anilines is 1. The molecule has 28 heavy (non-hydrogen) atoms. The number of imide groups is 1. The van der Waals surface area contributed by atoms with Gasteiger partial charge in [-0.1, -0.05) is 15.9 Å². The van der Waals surface area contributed by atoms with E-state index < -0.39 is 47.0 Å². The fourth-order valence-corrected chi connectivity index (χ4v) is 4.99. The number of amides is 4. The fraction of sp³-hybridized carbons (Fsp3) is 0.444. The van der Waals surface area contributed by atoms with Gasteiger partial charge in [-0.3, -0.25) is 29.4 Å². The third kappa shape index (κ3) is 2.51. The number of likely N-dealkylation sites (tertiary alicyclic amines) is 1. The molecule has 0 aliphatic carbocycles. The molecule has 0 bridgehead atoms. The first-order valence-electron chi connectivity index (χ1n) is 8.83. The van der Waals surface area contributed by atoms with Gasteiger partial charge in [0, 0.05) is 35.3 Å². The van der Waals surface area contributed by atoms with Crippen LogP contribution in [0.25, 0.3) is 0 Å². The summed E-state index contributed by atoms with van der Waals surface area (Å²) < 4.78 is 5.73. The van der Waals surface area contributed by atoms with Crippen molar-refractivity contribution in [1.29, 1.82) is 0 Å². The largest absolute Gasteiger partial charge is 0.383 e. The SMILES string of the molecule is COCCN1C(=O)[C@H]2[C@H](CC(N)=O)N[C@@]3(C(=O)Nc4ccc(Br)cc43)[C@@H]2C1=O. The van der Waals surface area contributed by atoms with Crippen LogP contribution >= 0.6 is 15.9 Å². The van der Waals surface area contributed by atoms with Gasteiger partial charge in [0.05, 0.1) is 25.0 Å². The highest BCUT2D eigenvalue weighted by Gasteiger charge is 2.70. The van der Waals surface area contributed by atoms with Crippen molar-refractivity contribution in [2.45, 2.75) is 18.0 Å². The van der Waals surface area contributed by atoms with Crippen molar-refractivity contribution in [1.82, 2.24) is 10.2 Å². The Bertz CT molecular complexity index is 906. The van der Waals surface area contributed by atoms with Crippen LogP contribution in [-0.4, -0.2) is 54.8 Å². The molecule has 9 nitrogen and oxygen atoms in total. The summed E-state index contributed by atoms with van der Waals surface area (Å²) in [5.74, 6) is -3.72. The molecule has 4 amide bonds. The number of carbonyl (C=O) groups is 4. The second kappa shape index (κ2) is 6.64. The number of nitrogens with zero attached hydrogens (tertiary/aromatic N) is 1. The molecule has 3 aliphatic rings. The second-order valence-electron chi connectivity index (χ2n) is 7.20. The average molecular weight is 451 g/mol. The summed E-state index contributed by atoms with van der Waals surface area (Å²) >= 11 is 3.40. The number of halogens is 1.